The summed E-state index contributed by atoms with van der Waals surface area (Å²) in [6, 6.07) is 6.99. The molecule has 19 heavy (non-hydrogen) atoms. The highest BCUT2D eigenvalue weighted by atomic mass is 16.5. The maximum absolute atomic E-state index is 11.9. The Bertz CT molecular complexity index is 677. The monoisotopic (exact) mass is 261 g/mol. The molecule has 2 heterocycles. The lowest BCUT2D eigenvalue weighted by molar-refractivity contribution is 0.0927. The Labute approximate surface area is 110 Å². The van der Waals surface area contributed by atoms with Crippen molar-refractivity contribution in [3.63, 3.8) is 0 Å². The predicted molar refractivity (Wildman–Crippen MR) is 70.4 cm³/mol. The van der Waals surface area contributed by atoms with Gasteiger partial charge in [0.05, 0.1) is 11.6 Å². The van der Waals surface area contributed by atoms with Gasteiger partial charge < -0.3 is 14.6 Å². The number of aliphatic hydroxyl groups is 1. The SMILES string of the molecule is COCn1c(=O)ccc2c3c(ccc21)OCC(O)C3. The van der Waals surface area contributed by atoms with Crippen LogP contribution in [0.5, 0.6) is 5.75 Å². The lowest BCUT2D eigenvalue weighted by atomic mass is 9.99. The summed E-state index contributed by atoms with van der Waals surface area (Å²) in [4.78, 5) is 11.9. The van der Waals surface area contributed by atoms with E-state index in [0.29, 0.717) is 13.0 Å². The van der Waals surface area contributed by atoms with Gasteiger partial charge >= 0.3 is 0 Å². The third-order valence-electron chi connectivity index (χ3n) is 3.37. The van der Waals surface area contributed by atoms with Gasteiger partial charge in [0.1, 0.15) is 19.1 Å². The number of rotatable bonds is 2. The molecule has 0 radical (unpaired) electrons. The van der Waals surface area contributed by atoms with Crippen molar-refractivity contribution >= 4 is 10.9 Å². The highest BCUT2D eigenvalue weighted by molar-refractivity contribution is 5.85. The number of aromatic nitrogens is 1. The summed E-state index contributed by atoms with van der Waals surface area (Å²) >= 11 is 0. The van der Waals surface area contributed by atoms with Crippen LogP contribution in [-0.4, -0.2) is 29.5 Å². The maximum Gasteiger partial charge on any atom is 0.252 e. The van der Waals surface area contributed by atoms with Crippen LogP contribution in [0.2, 0.25) is 0 Å². The summed E-state index contributed by atoms with van der Waals surface area (Å²) in [5.74, 6) is 0.778. The average Bonchev–Trinajstić information content (AvgIpc) is 2.41. The Balaban J connectivity index is 2.27. The number of pyridine rings is 1. The smallest absolute Gasteiger partial charge is 0.252 e. The molecule has 100 valence electrons. The molecule has 5 heteroatoms. The van der Waals surface area contributed by atoms with Gasteiger partial charge in [0, 0.05) is 30.5 Å². The molecule has 1 aliphatic heterocycles. The quantitative estimate of drug-likeness (QED) is 0.872. The summed E-state index contributed by atoms with van der Waals surface area (Å²) in [6.45, 7) is 0.522. The first kappa shape index (κ1) is 12.2. The van der Waals surface area contributed by atoms with Gasteiger partial charge in [-0.15, -0.1) is 0 Å². The first-order valence-electron chi connectivity index (χ1n) is 6.16. The Morgan fingerprint density at radius 3 is 3.05 bits per heavy atom. The third-order valence-corrected chi connectivity index (χ3v) is 3.37. The van der Waals surface area contributed by atoms with Gasteiger partial charge in [0.25, 0.3) is 5.56 Å². The Morgan fingerprint density at radius 2 is 2.26 bits per heavy atom. The van der Waals surface area contributed by atoms with Gasteiger partial charge in [-0.2, -0.15) is 0 Å². The van der Waals surface area contributed by atoms with E-state index in [0.717, 1.165) is 22.2 Å². The standard InChI is InChI=1S/C14H15NO4/c1-18-8-15-12-3-4-13-11(6-9(16)7-19-13)10(12)2-5-14(15)17/h2-5,9,16H,6-8H2,1H3. The van der Waals surface area contributed by atoms with Crippen molar-refractivity contribution in [2.75, 3.05) is 13.7 Å². The van der Waals surface area contributed by atoms with Crippen molar-refractivity contribution in [2.24, 2.45) is 0 Å². The van der Waals surface area contributed by atoms with Crippen LogP contribution in [0.3, 0.4) is 0 Å². The number of benzene rings is 1. The molecular formula is C14H15NO4. The second-order valence-corrected chi connectivity index (χ2v) is 4.66. The van der Waals surface area contributed by atoms with E-state index in [1.807, 2.05) is 12.1 Å². The van der Waals surface area contributed by atoms with Gasteiger partial charge in [-0.1, -0.05) is 0 Å². The van der Waals surface area contributed by atoms with Crippen LogP contribution < -0.4 is 10.3 Å². The minimum Gasteiger partial charge on any atom is -0.491 e. The molecule has 0 fully saturated rings. The van der Waals surface area contributed by atoms with Gasteiger partial charge in [-0.25, -0.2) is 0 Å². The summed E-state index contributed by atoms with van der Waals surface area (Å²) in [7, 11) is 1.55. The average molecular weight is 261 g/mol. The zero-order chi connectivity index (χ0) is 13.4. The van der Waals surface area contributed by atoms with Crippen LogP contribution in [0, 0.1) is 0 Å². The Kier molecular flexibility index (Phi) is 3.00. The highest BCUT2D eigenvalue weighted by Crippen LogP contribution is 2.31. The van der Waals surface area contributed by atoms with Crippen molar-refractivity contribution in [2.45, 2.75) is 19.3 Å². The van der Waals surface area contributed by atoms with E-state index in [-0.39, 0.29) is 12.3 Å². The van der Waals surface area contributed by atoms with E-state index >= 15 is 0 Å². The molecular weight excluding hydrogens is 246 g/mol. The number of fused-ring (bicyclic) bond motifs is 3. The van der Waals surface area contributed by atoms with Crippen molar-refractivity contribution in [3.8, 4) is 5.75 Å². The first-order valence-corrected chi connectivity index (χ1v) is 6.16. The van der Waals surface area contributed by atoms with Crippen molar-refractivity contribution in [1.29, 1.82) is 0 Å². The molecule has 0 amide bonds. The van der Waals surface area contributed by atoms with E-state index in [1.165, 1.54) is 6.07 Å². The minimum absolute atomic E-state index is 0.105. The molecule has 0 saturated heterocycles. The van der Waals surface area contributed by atoms with Crippen molar-refractivity contribution in [3.05, 3.63) is 40.2 Å². The second-order valence-electron chi connectivity index (χ2n) is 4.66. The van der Waals surface area contributed by atoms with Crippen LogP contribution in [0.1, 0.15) is 5.56 Å². The van der Waals surface area contributed by atoms with Gasteiger partial charge in [-0.05, 0) is 18.2 Å². The third kappa shape index (κ3) is 2.01. The normalized spacial score (nSPS) is 18.1. The lowest BCUT2D eigenvalue weighted by Crippen LogP contribution is -2.26. The Morgan fingerprint density at radius 1 is 1.42 bits per heavy atom. The van der Waals surface area contributed by atoms with E-state index in [1.54, 1.807) is 17.7 Å². The molecule has 0 spiro atoms. The van der Waals surface area contributed by atoms with Gasteiger partial charge in [0.15, 0.2) is 0 Å². The Hall–Kier alpha value is -1.85. The first-order chi connectivity index (χ1) is 9.20. The molecule has 1 atom stereocenters. The fourth-order valence-electron chi connectivity index (χ4n) is 2.51. The number of hydrogen-bond donors (Lipinski definition) is 1. The predicted octanol–water partition coefficient (Wildman–Crippen LogP) is 0.901. The van der Waals surface area contributed by atoms with Crippen LogP contribution in [0.15, 0.2) is 29.1 Å². The van der Waals surface area contributed by atoms with E-state index in [4.69, 9.17) is 9.47 Å². The summed E-state index contributed by atoms with van der Waals surface area (Å²) < 4.78 is 12.1. The van der Waals surface area contributed by atoms with E-state index in [2.05, 4.69) is 0 Å². The van der Waals surface area contributed by atoms with E-state index < -0.39 is 6.10 Å². The molecule has 2 aromatic rings. The van der Waals surface area contributed by atoms with Crippen molar-refractivity contribution < 1.29 is 14.6 Å². The molecule has 1 aliphatic rings. The summed E-state index contributed by atoms with van der Waals surface area (Å²) in [5, 5.41) is 10.6. The number of methoxy groups -OCH3 is 1. The molecule has 1 aromatic heterocycles. The zero-order valence-corrected chi connectivity index (χ0v) is 10.6. The van der Waals surface area contributed by atoms with Crippen molar-refractivity contribution in [1.82, 2.24) is 4.57 Å². The topological polar surface area (TPSA) is 60.7 Å². The van der Waals surface area contributed by atoms with E-state index in [9.17, 15) is 9.90 Å². The largest absolute Gasteiger partial charge is 0.491 e. The van der Waals surface area contributed by atoms with Gasteiger partial charge in [-0.3, -0.25) is 9.36 Å². The molecule has 1 N–H and O–H groups in total. The van der Waals surface area contributed by atoms with Gasteiger partial charge in [0.2, 0.25) is 0 Å². The zero-order valence-electron chi connectivity index (χ0n) is 10.6. The van der Waals surface area contributed by atoms with Crippen LogP contribution in [-0.2, 0) is 17.9 Å². The van der Waals surface area contributed by atoms with Crippen LogP contribution in [0.4, 0.5) is 0 Å². The molecule has 3 rings (SSSR count). The number of nitrogens with zero attached hydrogens (tertiary/aromatic N) is 1. The molecule has 1 unspecified atom stereocenters. The number of aliphatic hydroxyl groups excluding tert-OH is 1. The fraction of sp³-hybridized carbons (Fsp3) is 0.357. The van der Waals surface area contributed by atoms with Crippen LogP contribution in [0.25, 0.3) is 10.9 Å². The summed E-state index contributed by atoms with van der Waals surface area (Å²) in [5.41, 5.74) is 1.64. The highest BCUT2D eigenvalue weighted by Gasteiger charge is 2.20. The molecule has 0 aliphatic carbocycles. The molecule has 1 aromatic carbocycles. The molecule has 5 nitrogen and oxygen atoms in total. The molecule has 0 saturated carbocycles. The molecule has 0 bridgehead atoms. The maximum atomic E-state index is 11.9. The minimum atomic E-state index is -0.499. The lowest BCUT2D eigenvalue weighted by Gasteiger charge is -2.23. The second kappa shape index (κ2) is 4.68. The fourth-order valence-corrected chi connectivity index (χ4v) is 2.51. The van der Waals surface area contributed by atoms with Crippen LogP contribution >= 0.6 is 0 Å². The summed E-state index contributed by atoms with van der Waals surface area (Å²) in [6.07, 6.45) is 0.0404. The number of ether oxygens (including phenoxy) is 2. The number of hydrogen-bond acceptors (Lipinski definition) is 4.